The molecule has 0 fully saturated rings. The van der Waals surface area contributed by atoms with E-state index in [4.69, 9.17) is 11.6 Å². The molecule has 1 amide bonds. The second kappa shape index (κ2) is 6.80. The Morgan fingerprint density at radius 3 is 2.58 bits per heavy atom. The van der Waals surface area contributed by atoms with Crippen molar-refractivity contribution in [3.8, 4) is 0 Å². The molecular weight excluding hydrogens is 279 g/mol. The van der Waals surface area contributed by atoms with Crippen molar-refractivity contribution in [1.82, 2.24) is 0 Å². The summed E-state index contributed by atoms with van der Waals surface area (Å²) in [7, 11) is 0. The number of benzene rings is 1. The average molecular weight is 294 g/mol. The molecule has 0 aliphatic heterocycles. The van der Waals surface area contributed by atoms with Crippen molar-refractivity contribution >= 4 is 23.2 Å². The van der Waals surface area contributed by atoms with Crippen molar-refractivity contribution in [3.05, 3.63) is 28.8 Å². The summed E-state index contributed by atoms with van der Waals surface area (Å²) in [5, 5.41) is 2.27. The Morgan fingerprint density at radius 2 is 2.00 bits per heavy atom. The third-order valence-electron chi connectivity index (χ3n) is 2.57. The van der Waals surface area contributed by atoms with Crippen molar-refractivity contribution in [2.45, 2.75) is 38.8 Å². The molecular formula is C13H15ClF3NO. The van der Waals surface area contributed by atoms with Gasteiger partial charge in [-0.3, -0.25) is 4.79 Å². The van der Waals surface area contributed by atoms with Gasteiger partial charge in [-0.25, -0.2) is 0 Å². The van der Waals surface area contributed by atoms with E-state index in [1.165, 1.54) is 12.1 Å². The number of unbranched alkanes of at least 4 members (excludes halogenated alkanes) is 2. The van der Waals surface area contributed by atoms with Crippen LogP contribution in [0.3, 0.4) is 0 Å². The molecule has 106 valence electrons. The second-order valence-corrected chi connectivity index (χ2v) is 4.63. The summed E-state index contributed by atoms with van der Waals surface area (Å²) in [6, 6.07) is 3.30. The van der Waals surface area contributed by atoms with E-state index in [1.54, 1.807) is 0 Å². The Balaban J connectivity index is 2.80. The van der Waals surface area contributed by atoms with Gasteiger partial charge in [-0.15, -0.1) is 0 Å². The highest BCUT2D eigenvalue weighted by Crippen LogP contribution is 2.36. The van der Waals surface area contributed by atoms with Crippen LogP contribution >= 0.6 is 11.6 Å². The molecule has 0 aliphatic carbocycles. The third-order valence-corrected chi connectivity index (χ3v) is 2.80. The summed E-state index contributed by atoms with van der Waals surface area (Å²) >= 11 is 5.55. The lowest BCUT2D eigenvalue weighted by Crippen LogP contribution is -2.16. The minimum atomic E-state index is -4.54. The van der Waals surface area contributed by atoms with E-state index in [0.29, 0.717) is 6.42 Å². The van der Waals surface area contributed by atoms with Crippen LogP contribution in [-0.2, 0) is 11.0 Å². The lowest BCUT2D eigenvalue weighted by Gasteiger charge is -2.14. The molecule has 1 N–H and O–H groups in total. The van der Waals surface area contributed by atoms with Crippen molar-refractivity contribution in [3.63, 3.8) is 0 Å². The first-order valence-electron chi connectivity index (χ1n) is 6.01. The third kappa shape index (κ3) is 5.11. The molecule has 1 aromatic rings. The summed E-state index contributed by atoms with van der Waals surface area (Å²) in [5.41, 5.74) is -1.18. The minimum absolute atomic E-state index is 0.0173. The fourth-order valence-corrected chi connectivity index (χ4v) is 1.78. The fourth-order valence-electron chi connectivity index (χ4n) is 1.61. The van der Waals surface area contributed by atoms with Gasteiger partial charge < -0.3 is 5.32 Å². The number of halogens is 4. The zero-order valence-corrected chi connectivity index (χ0v) is 11.2. The highest BCUT2D eigenvalue weighted by molar-refractivity contribution is 6.30. The van der Waals surface area contributed by atoms with Crippen LogP contribution in [0, 0.1) is 0 Å². The van der Waals surface area contributed by atoms with Crippen LogP contribution < -0.4 is 5.32 Å². The Kier molecular flexibility index (Phi) is 5.66. The number of carbonyl (C=O) groups is 1. The predicted molar refractivity (Wildman–Crippen MR) is 69.2 cm³/mol. The molecule has 0 atom stereocenters. The van der Waals surface area contributed by atoms with Crippen LogP contribution in [0.25, 0.3) is 0 Å². The van der Waals surface area contributed by atoms with Gasteiger partial charge in [0, 0.05) is 11.4 Å². The molecule has 0 aliphatic rings. The van der Waals surface area contributed by atoms with Crippen molar-refractivity contribution in [1.29, 1.82) is 0 Å². The summed E-state index contributed by atoms with van der Waals surface area (Å²) in [6.45, 7) is 1.98. The number of alkyl halides is 3. The SMILES string of the molecule is CCCCCC(=O)Nc1ccc(Cl)cc1C(F)(F)F. The van der Waals surface area contributed by atoms with Crippen LogP contribution in [-0.4, -0.2) is 5.91 Å². The highest BCUT2D eigenvalue weighted by atomic mass is 35.5. The summed E-state index contributed by atoms with van der Waals surface area (Å²) < 4.78 is 38.3. The molecule has 0 unspecified atom stereocenters. The van der Waals surface area contributed by atoms with E-state index in [9.17, 15) is 18.0 Å². The maximum absolute atomic E-state index is 12.8. The van der Waals surface area contributed by atoms with Gasteiger partial charge in [0.1, 0.15) is 0 Å². The molecule has 1 rings (SSSR count). The Hall–Kier alpha value is -1.23. The summed E-state index contributed by atoms with van der Waals surface area (Å²) in [5.74, 6) is -0.415. The molecule has 0 spiro atoms. The Labute approximate surface area is 114 Å². The number of hydrogen-bond acceptors (Lipinski definition) is 1. The van der Waals surface area contributed by atoms with Crippen molar-refractivity contribution < 1.29 is 18.0 Å². The van der Waals surface area contributed by atoms with E-state index in [1.807, 2.05) is 6.92 Å². The van der Waals surface area contributed by atoms with E-state index in [2.05, 4.69) is 5.32 Å². The zero-order chi connectivity index (χ0) is 14.5. The molecule has 0 heterocycles. The number of amides is 1. The maximum Gasteiger partial charge on any atom is 0.418 e. The van der Waals surface area contributed by atoms with Gasteiger partial charge in [0.2, 0.25) is 5.91 Å². The van der Waals surface area contributed by atoms with Gasteiger partial charge in [0.25, 0.3) is 0 Å². The lowest BCUT2D eigenvalue weighted by molar-refractivity contribution is -0.137. The standard InChI is InChI=1S/C13H15ClF3NO/c1-2-3-4-5-12(19)18-11-7-6-9(14)8-10(11)13(15,16)17/h6-8H,2-5H2,1H3,(H,18,19). The van der Waals surface area contributed by atoms with Crippen LogP contribution in [0.1, 0.15) is 38.2 Å². The smallest absolute Gasteiger partial charge is 0.326 e. The number of anilines is 1. The van der Waals surface area contributed by atoms with E-state index < -0.39 is 17.6 Å². The quantitative estimate of drug-likeness (QED) is 0.770. The number of hydrogen-bond donors (Lipinski definition) is 1. The van der Waals surface area contributed by atoms with Crippen molar-refractivity contribution in [2.75, 3.05) is 5.32 Å². The van der Waals surface area contributed by atoms with Gasteiger partial charge in [0.15, 0.2) is 0 Å². The summed E-state index contributed by atoms with van der Waals surface area (Å²) in [6.07, 6.45) is -1.84. The zero-order valence-electron chi connectivity index (χ0n) is 10.5. The van der Waals surface area contributed by atoms with Crippen LogP contribution in [0.2, 0.25) is 5.02 Å². The van der Waals surface area contributed by atoms with Gasteiger partial charge in [-0.05, 0) is 24.6 Å². The van der Waals surface area contributed by atoms with E-state index >= 15 is 0 Å². The van der Waals surface area contributed by atoms with Crippen LogP contribution in [0.5, 0.6) is 0 Å². The van der Waals surface area contributed by atoms with Crippen LogP contribution in [0.15, 0.2) is 18.2 Å². The lowest BCUT2D eigenvalue weighted by atomic mass is 10.1. The molecule has 19 heavy (non-hydrogen) atoms. The second-order valence-electron chi connectivity index (χ2n) is 4.19. The number of nitrogens with one attached hydrogen (secondary N) is 1. The van der Waals surface area contributed by atoms with Gasteiger partial charge in [-0.2, -0.15) is 13.2 Å². The molecule has 0 radical (unpaired) electrons. The fraction of sp³-hybridized carbons (Fsp3) is 0.462. The summed E-state index contributed by atoms with van der Waals surface area (Å²) in [4.78, 5) is 11.5. The number of rotatable bonds is 5. The Morgan fingerprint density at radius 1 is 1.32 bits per heavy atom. The van der Waals surface area contributed by atoms with Gasteiger partial charge >= 0.3 is 6.18 Å². The van der Waals surface area contributed by atoms with Gasteiger partial charge in [0.05, 0.1) is 11.3 Å². The minimum Gasteiger partial charge on any atom is -0.326 e. The molecule has 0 aromatic heterocycles. The Bertz CT molecular complexity index is 446. The largest absolute Gasteiger partial charge is 0.418 e. The molecule has 1 aromatic carbocycles. The average Bonchev–Trinajstić information content (AvgIpc) is 2.30. The molecule has 6 heteroatoms. The predicted octanol–water partition coefficient (Wildman–Crippen LogP) is 4.88. The maximum atomic E-state index is 12.8. The molecule has 0 saturated carbocycles. The van der Waals surface area contributed by atoms with Gasteiger partial charge in [-0.1, -0.05) is 31.4 Å². The first-order valence-corrected chi connectivity index (χ1v) is 6.39. The normalized spacial score (nSPS) is 11.4. The van der Waals surface area contributed by atoms with E-state index in [0.717, 1.165) is 18.9 Å². The first kappa shape index (κ1) is 15.8. The molecule has 2 nitrogen and oxygen atoms in total. The topological polar surface area (TPSA) is 29.1 Å². The van der Waals surface area contributed by atoms with Crippen LogP contribution in [0.4, 0.5) is 18.9 Å². The highest BCUT2D eigenvalue weighted by Gasteiger charge is 2.34. The number of carbonyl (C=O) groups excluding carboxylic acids is 1. The first-order chi connectivity index (χ1) is 8.84. The molecule has 0 bridgehead atoms. The van der Waals surface area contributed by atoms with E-state index in [-0.39, 0.29) is 17.1 Å². The monoisotopic (exact) mass is 293 g/mol. The van der Waals surface area contributed by atoms with Crippen molar-refractivity contribution in [2.24, 2.45) is 0 Å². The molecule has 0 saturated heterocycles.